The molecule has 0 amide bonds. The number of ether oxygens (including phenoxy) is 1. The summed E-state index contributed by atoms with van der Waals surface area (Å²) in [7, 11) is 0. The molecule has 0 atom stereocenters. The van der Waals surface area contributed by atoms with E-state index in [0.717, 1.165) is 12.8 Å². The van der Waals surface area contributed by atoms with E-state index in [1.54, 1.807) is 0 Å². The first-order valence-electron chi connectivity index (χ1n) is 5.56. The van der Waals surface area contributed by atoms with Gasteiger partial charge in [0.2, 0.25) is 0 Å². The molecule has 0 saturated carbocycles. The van der Waals surface area contributed by atoms with Gasteiger partial charge in [-0.3, -0.25) is 4.89 Å². The van der Waals surface area contributed by atoms with Crippen molar-refractivity contribution >= 4 is 11.8 Å². The van der Waals surface area contributed by atoms with Crippen LogP contribution in [0.5, 0.6) is 0 Å². The van der Waals surface area contributed by atoms with E-state index in [4.69, 9.17) is 4.74 Å². The Kier molecular flexibility index (Phi) is 9.95. The zero-order valence-electron chi connectivity index (χ0n) is 9.99. The van der Waals surface area contributed by atoms with Crippen LogP contribution in [0.25, 0.3) is 0 Å². The van der Waals surface area contributed by atoms with Gasteiger partial charge in [0.15, 0.2) is 0 Å². The monoisotopic (exact) mass is 232 g/mol. The third kappa shape index (κ3) is 11.1. The highest BCUT2D eigenvalue weighted by Gasteiger charge is 2.05. The summed E-state index contributed by atoms with van der Waals surface area (Å²) in [5.74, 6) is -0.566. The molecular weight excluding hydrogens is 212 g/mol. The minimum Gasteiger partial charge on any atom is -0.379 e. The van der Waals surface area contributed by atoms with Gasteiger partial charge in [-0.05, 0) is 13.3 Å². The molecule has 0 spiro atoms. The summed E-state index contributed by atoms with van der Waals surface area (Å²) in [6, 6.07) is 0. The van der Waals surface area contributed by atoms with Crippen LogP contribution in [-0.2, 0) is 24.1 Å². The Morgan fingerprint density at radius 3 is 2.44 bits per heavy atom. The second-order valence-corrected chi connectivity index (χ2v) is 3.45. The quantitative estimate of drug-likeness (QED) is 0.325. The van der Waals surface area contributed by atoms with Crippen molar-refractivity contribution in [3.8, 4) is 0 Å². The first kappa shape index (κ1) is 15.1. The molecule has 0 aliphatic carbocycles. The Hall–Kier alpha value is -0.940. The molecule has 0 rings (SSSR count). The third-order valence-corrected chi connectivity index (χ3v) is 1.79. The van der Waals surface area contributed by atoms with Crippen LogP contribution < -0.4 is 0 Å². The Bertz CT molecular complexity index is 203. The number of rotatable bonds is 10. The van der Waals surface area contributed by atoms with Crippen molar-refractivity contribution in [3.05, 3.63) is 0 Å². The fourth-order valence-electron chi connectivity index (χ4n) is 0.869. The normalized spacial score (nSPS) is 10.1. The number of Topliss-reactive ketones (excluding diaryl/α,β-unsaturated/α-hetero) is 1. The van der Waals surface area contributed by atoms with E-state index in [0.29, 0.717) is 13.2 Å². The molecule has 0 aromatic carbocycles. The van der Waals surface area contributed by atoms with Crippen LogP contribution in [0.4, 0.5) is 0 Å². The lowest BCUT2D eigenvalue weighted by molar-refractivity contribution is -0.276. The molecule has 16 heavy (non-hydrogen) atoms. The first-order valence-corrected chi connectivity index (χ1v) is 5.56. The fraction of sp³-hybridized carbons (Fsp3) is 0.818. The minimum atomic E-state index is -0.524. The van der Waals surface area contributed by atoms with Gasteiger partial charge < -0.3 is 9.53 Å². The summed E-state index contributed by atoms with van der Waals surface area (Å²) < 4.78 is 5.18. The Balaban J connectivity index is 3.18. The maximum Gasteiger partial charge on any atom is 0.342 e. The molecule has 0 aromatic rings. The lowest BCUT2D eigenvalue weighted by Crippen LogP contribution is -2.11. The van der Waals surface area contributed by atoms with E-state index in [1.807, 2.05) is 0 Å². The molecule has 0 fully saturated rings. The van der Waals surface area contributed by atoms with Gasteiger partial charge in [0.1, 0.15) is 12.4 Å². The fourth-order valence-corrected chi connectivity index (χ4v) is 0.869. The van der Waals surface area contributed by atoms with Crippen molar-refractivity contribution in [1.29, 1.82) is 0 Å². The van der Waals surface area contributed by atoms with E-state index < -0.39 is 5.97 Å². The predicted molar refractivity (Wildman–Crippen MR) is 57.7 cm³/mol. The molecule has 0 aromatic heterocycles. The van der Waals surface area contributed by atoms with Crippen molar-refractivity contribution in [1.82, 2.24) is 0 Å². The number of unbranched alkanes of at least 4 members (excludes halogenated alkanes) is 1. The second-order valence-electron chi connectivity index (χ2n) is 3.45. The van der Waals surface area contributed by atoms with E-state index >= 15 is 0 Å². The lowest BCUT2D eigenvalue weighted by atomic mass is 10.2. The first-order chi connectivity index (χ1) is 7.66. The van der Waals surface area contributed by atoms with Crippen LogP contribution in [-0.4, -0.2) is 31.6 Å². The third-order valence-electron chi connectivity index (χ3n) is 1.79. The van der Waals surface area contributed by atoms with Crippen molar-refractivity contribution in [2.75, 3.05) is 19.8 Å². The summed E-state index contributed by atoms with van der Waals surface area (Å²) in [6.45, 7) is 4.82. The van der Waals surface area contributed by atoms with E-state index in [-0.39, 0.29) is 25.2 Å². The Morgan fingerprint density at radius 2 is 1.81 bits per heavy atom. The molecule has 0 aliphatic rings. The molecule has 0 heterocycles. The van der Waals surface area contributed by atoms with Crippen molar-refractivity contribution in [3.63, 3.8) is 0 Å². The number of carbonyl (C=O) groups is 2. The summed E-state index contributed by atoms with van der Waals surface area (Å²) >= 11 is 0. The summed E-state index contributed by atoms with van der Waals surface area (Å²) in [4.78, 5) is 30.5. The molecule has 0 unspecified atom stereocenters. The number of carbonyl (C=O) groups excluding carboxylic acids is 2. The number of hydrogen-bond acceptors (Lipinski definition) is 5. The van der Waals surface area contributed by atoms with Gasteiger partial charge >= 0.3 is 5.97 Å². The molecule has 5 nitrogen and oxygen atoms in total. The smallest absolute Gasteiger partial charge is 0.342 e. The second kappa shape index (κ2) is 10.6. The van der Waals surface area contributed by atoms with Crippen molar-refractivity contribution in [2.45, 2.75) is 39.5 Å². The van der Waals surface area contributed by atoms with Gasteiger partial charge in [-0.25, -0.2) is 4.79 Å². The summed E-state index contributed by atoms with van der Waals surface area (Å²) in [6.07, 6.45) is 2.35. The van der Waals surface area contributed by atoms with Gasteiger partial charge in [-0.1, -0.05) is 13.3 Å². The van der Waals surface area contributed by atoms with E-state index in [1.165, 1.54) is 6.92 Å². The van der Waals surface area contributed by atoms with Gasteiger partial charge in [0.25, 0.3) is 0 Å². The summed E-state index contributed by atoms with van der Waals surface area (Å²) in [5, 5.41) is 0. The maximum atomic E-state index is 10.9. The van der Waals surface area contributed by atoms with Crippen molar-refractivity contribution < 1.29 is 24.1 Å². The van der Waals surface area contributed by atoms with Crippen LogP contribution in [0.2, 0.25) is 0 Å². The molecule has 5 heteroatoms. The highest BCUT2D eigenvalue weighted by molar-refractivity contribution is 5.80. The van der Waals surface area contributed by atoms with Crippen LogP contribution >= 0.6 is 0 Å². The maximum absolute atomic E-state index is 10.9. The van der Waals surface area contributed by atoms with Crippen LogP contribution in [0.1, 0.15) is 39.5 Å². The molecule has 0 radical (unpaired) electrons. The topological polar surface area (TPSA) is 61.8 Å². The molecule has 0 N–H and O–H groups in total. The van der Waals surface area contributed by atoms with Crippen LogP contribution in [0.3, 0.4) is 0 Å². The zero-order valence-corrected chi connectivity index (χ0v) is 9.99. The standard InChI is InChI=1S/C11H20O5/c1-3-4-7-14-8-9-15-16-11(13)6-5-10(2)12/h3-9H2,1-2H3. The Labute approximate surface area is 96.0 Å². The highest BCUT2D eigenvalue weighted by Crippen LogP contribution is 1.95. The average Bonchev–Trinajstić information content (AvgIpc) is 2.25. The SMILES string of the molecule is CCCCOCCOOC(=O)CCC(C)=O. The molecular formula is C11H20O5. The Morgan fingerprint density at radius 1 is 1.06 bits per heavy atom. The molecule has 0 bridgehead atoms. The van der Waals surface area contributed by atoms with Gasteiger partial charge in [0.05, 0.1) is 13.0 Å². The number of hydrogen-bond donors (Lipinski definition) is 0. The predicted octanol–water partition coefficient (Wildman–Crippen LogP) is 1.65. The van der Waals surface area contributed by atoms with Crippen molar-refractivity contribution in [2.24, 2.45) is 0 Å². The minimum absolute atomic E-state index is 0.0418. The van der Waals surface area contributed by atoms with Gasteiger partial charge in [0, 0.05) is 13.0 Å². The summed E-state index contributed by atoms with van der Waals surface area (Å²) in [5.41, 5.74) is 0. The van der Waals surface area contributed by atoms with Gasteiger partial charge in [-0.15, -0.1) is 0 Å². The molecule has 94 valence electrons. The average molecular weight is 232 g/mol. The van der Waals surface area contributed by atoms with E-state index in [9.17, 15) is 9.59 Å². The lowest BCUT2D eigenvalue weighted by Gasteiger charge is -2.04. The van der Waals surface area contributed by atoms with Gasteiger partial charge in [-0.2, -0.15) is 4.89 Å². The van der Waals surface area contributed by atoms with E-state index in [2.05, 4.69) is 16.7 Å². The van der Waals surface area contributed by atoms with Crippen LogP contribution in [0.15, 0.2) is 0 Å². The zero-order chi connectivity index (χ0) is 12.2. The number of ketones is 1. The van der Waals surface area contributed by atoms with Crippen LogP contribution in [0, 0.1) is 0 Å². The molecule has 0 saturated heterocycles. The molecule has 0 aliphatic heterocycles. The highest BCUT2D eigenvalue weighted by atomic mass is 17.2. The largest absolute Gasteiger partial charge is 0.379 e.